The number of oxazole rings is 1. The summed E-state index contributed by atoms with van der Waals surface area (Å²) in [7, 11) is 0. The quantitative estimate of drug-likeness (QED) is 0.418. The van der Waals surface area contributed by atoms with Gasteiger partial charge in [0.25, 0.3) is 11.6 Å². The van der Waals surface area contributed by atoms with Crippen LogP contribution in [0.5, 0.6) is 0 Å². The third-order valence-electron chi connectivity index (χ3n) is 4.23. The van der Waals surface area contributed by atoms with Crippen molar-refractivity contribution in [1.82, 2.24) is 9.88 Å². The van der Waals surface area contributed by atoms with Crippen LogP contribution < -0.4 is 11.1 Å². The van der Waals surface area contributed by atoms with Crippen molar-refractivity contribution in [1.29, 1.82) is 0 Å². The molecule has 0 radical (unpaired) electrons. The van der Waals surface area contributed by atoms with Gasteiger partial charge in [-0.1, -0.05) is 0 Å². The number of aromatic nitrogens is 1. The van der Waals surface area contributed by atoms with E-state index in [0.29, 0.717) is 11.9 Å². The molecule has 1 saturated carbocycles. The first-order chi connectivity index (χ1) is 12.8. The number of hydrogen-bond acceptors (Lipinski definition) is 7. The molecule has 0 aliphatic heterocycles. The van der Waals surface area contributed by atoms with Crippen LogP contribution in [0.1, 0.15) is 32.6 Å². The zero-order valence-corrected chi connectivity index (χ0v) is 14.7. The lowest BCUT2D eigenvalue weighted by Crippen LogP contribution is -2.37. The second kappa shape index (κ2) is 7.60. The topological polar surface area (TPSA) is 134 Å². The highest BCUT2D eigenvalue weighted by Crippen LogP contribution is 2.20. The Balaban J connectivity index is 1.54. The first-order valence-electron chi connectivity index (χ1n) is 8.63. The van der Waals surface area contributed by atoms with Gasteiger partial charge in [-0.3, -0.25) is 24.3 Å². The van der Waals surface area contributed by atoms with Crippen molar-refractivity contribution in [3.8, 4) is 0 Å². The molecule has 27 heavy (non-hydrogen) atoms. The van der Waals surface area contributed by atoms with Crippen molar-refractivity contribution in [2.45, 2.75) is 51.3 Å². The maximum absolute atomic E-state index is 11.9. The molecule has 1 aliphatic rings. The van der Waals surface area contributed by atoms with E-state index in [1.165, 1.54) is 29.7 Å². The van der Waals surface area contributed by atoms with Crippen LogP contribution in [-0.4, -0.2) is 33.5 Å². The van der Waals surface area contributed by atoms with Gasteiger partial charge in [0.1, 0.15) is 0 Å². The van der Waals surface area contributed by atoms with E-state index in [-0.39, 0.29) is 36.2 Å². The Kier molecular flexibility index (Phi) is 5.24. The fourth-order valence-electron chi connectivity index (χ4n) is 2.62. The van der Waals surface area contributed by atoms with Crippen molar-refractivity contribution in [3.63, 3.8) is 0 Å². The molecule has 1 aromatic heterocycles. The van der Waals surface area contributed by atoms with Gasteiger partial charge in [0.15, 0.2) is 11.7 Å². The standard InChI is InChI=1S/C17H19N3O7/c1-10(16(22)18-11-4-5-11)26-15(21)3-2-8-19-13-7-6-12(20(24)25)9-14(13)27-17(19)23/h6-7,9-11H,2-5,8H2,1H3,(H,18,22)/t10-/m1/s1. The summed E-state index contributed by atoms with van der Waals surface area (Å²) in [6, 6.07) is 4.08. The van der Waals surface area contributed by atoms with Crippen molar-refractivity contribution in [2.75, 3.05) is 0 Å². The number of amides is 1. The Labute approximate surface area is 153 Å². The Morgan fingerprint density at radius 1 is 1.44 bits per heavy atom. The van der Waals surface area contributed by atoms with E-state index >= 15 is 0 Å². The zero-order chi connectivity index (χ0) is 19.6. The number of carbonyl (C=O) groups is 2. The van der Waals surface area contributed by atoms with Gasteiger partial charge in [0.2, 0.25) is 0 Å². The molecule has 1 amide bonds. The largest absolute Gasteiger partial charge is 0.453 e. The van der Waals surface area contributed by atoms with Crippen molar-refractivity contribution >= 4 is 28.7 Å². The molecule has 0 spiro atoms. The van der Waals surface area contributed by atoms with Crippen LogP contribution >= 0.6 is 0 Å². The monoisotopic (exact) mass is 377 g/mol. The SMILES string of the molecule is C[C@@H](OC(=O)CCCn1c(=O)oc2cc([N+](=O)[O-])ccc21)C(=O)NC1CC1. The van der Waals surface area contributed by atoms with E-state index in [9.17, 15) is 24.5 Å². The summed E-state index contributed by atoms with van der Waals surface area (Å²) >= 11 is 0. The number of rotatable bonds is 8. The van der Waals surface area contributed by atoms with E-state index in [2.05, 4.69) is 5.32 Å². The molecule has 0 saturated heterocycles. The van der Waals surface area contributed by atoms with E-state index in [1.54, 1.807) is 0 Å². The number of fused-ring (bicyclic) bond motifs is 1. The summed E-state index contributed by atoms with van der Waals surface area (Å²) < 4.78 is 11.4. The maximum Gasteiger partial charge on any atom is 0.419 e. The number of esters is 1. The average Bonchev–Trinajstić information content (AvgIpc) is 3.37. The van der Waals surface area contributed by atoms with Crippen LogP contribution in [0.2, 0.25) is 0 Å². The van der Waals surface area contributed by atoms with E-state index in [4.69, 9.17) is 9.15 Å². The van der Waals surface area contributed by atoms with E-state index in [1.807, 2.05) is 0 Å². The molecule has 144 valence electrons. The first-order valence-corrected chi connectivity index (χ1v) is 8.63. The van der Waals surface area contributed by atoms with Gasteiger partial charge < -0.3 is 14.5 Å². The van der Waals surface area contributed by atoms with Crippen molar-refractivity contribution in [2.24, 2.45) is 0 Å². The number of non-ortho nitro benzene ring substituents is 1. The molecule has 1 heterocycles. The summed E-state index contributed by atoms with van der Waals surface area (Å²) in [5.41, 5.74) is 0.351. The fourth-order valence-corrected chi connectivity index (χ4v) is 2.62. The van der Waals surface area contributed by atoms with Crippen LogP contribution in [0, 0.1) is 10.1 Å². The number of nitro benzene ring substituents is 1. The molecule has 3 rings (SSSR count). The lowest BCUT2D eigenvalue weighted by molar-refractivity contribution is -0.384. The molecule has 0 bridgehead atoms. The predicted octanol–water partition coefficient (Wildman–Crippen LogP) is 1.49. The minimum atomic E-state index is -0.865. The lowest BCUT2D eigenvalue weighted by Gasteiger charge is -2.13. The number of nitrogens with one attached hydrogen (secondary N) is 1. The summed E-state index contributed by atoms with van der Waals surface area (Å²) in [5.74, 6) is -1.51. The number of carbonyl (C=O) groups excluding carboxylic acids is 2. The third kappa shape index (κ3) is 4.52. The van der Waals surface area contributed by atoms with Gasteiger partial charge in [-0.25, -0.2) is 4.79 Å². The van der Waals surface area contributed by atoms with Crippen LogP contribution in [0.3, 0.4) is 0 Å². The summed E-state index contributed by atoms with van der Waals surface area (Å²) in [6.07, 6.45) is 1.34. The molecule has 1 N–H and O–H groups in total. The number of aryl methyl sites for hydroxylation is 1. The molecule has 1 aromatic carbocycles. The molecule has 2 aromatic rings. The highest BCUT2D eigenvalue weighted by atomic mass is 16.6. The highest BCUT2D eigenvalue weighted by molar-refractivity contribution is 5.83. The van der Waals surface area contributed by atoms with Crippen molar-refractivity contribution in [3.05, 3.63) is 38.9 Å². The molecular weight excluding hydrogens is 358 g/mol. The van der Waals surface area contributed by atoms with Gasteiger partial charge >= 0.3 is 11.7 Å². The highest BCUT2D eigenvalue weighted by Gasteiger charge is 2.27. The molecule has 10 heteroatoms. The van der Waals surface area contributed by atoms with Crippen LogP contribution in [-0.2, 0) is 20.9 Å². The number of hydrogen-bond donors (Lipinski definition) is 1. The third-order valence-corrected chi connectivity index (χ3v) is 4.23. The van der Waals surface area contributed by atoms with Gasteiger partial charge in [-0.15, -0.1) is 0 Å². The normalized spacial score (nSPS) is 14.7. The fraction of sp³-hybridized carbons (Fsp3) is 0.471. The summed E-state index contributed by atoms with van der Waals surface area (Å²) in [6.45, 7) is 1.69. The molecule has 1 aliphatic carbocycles. The molecule has 1 fully saturated rings. The maximum atomic E-state index is 11.9. The Morgan fingerprint density at radius 3 is 2.85 bits per heavy atom. The van der Waals surface area contributed by atoms with Gasteiger partial charge in [0.05, 0.1) is 16.5 Å². The molecular formula is C17H19N3O7. The van der Waals surface area contributed by atoms with Gasteiger partial charge in [-0.2, -0.15) is 0 Å². The second-order valence-corrected chi connectivity index (χ2v) is 6.45. The zero-order valence-electron chi connectivity index (χ0n) is 14.7. The number of ether oxygens (including phenoxy) is 1. The Hall–Kier alpha value is -3.17. The number of nitro groups is 1. The number of benzene rings is 1. The summed E-state index contributed by atoms with van der Waals surface area (Å²) in [4.78, 5) is 45.8. The minimum Gasteiger partial charge on any atom is -0.453 e. The smallest absolute Gasteiger partial charge is 0.419 e. The van der Waals surface area contributed by atoms with E-state index < -0.39 is 22.8 Å². The Bertz CT molecular complexity index is 942. The second-order valence-electron chi connectivity index (χ2n) is 6.45. The van der Waals surface area contributed by atoms with Crippen LogP contribution in [0.4, 0.5) is 5.69 Å². The predicted molar refractivity (Wildman–Crippen MR) is 93.1 cm³/mol. The molecule has 10 nitrogen and oxygen atoms in total. The molecule has 1 atom stereocenters. The van der Waals surface area contributed by atoms with Gasteiger partial charge in [0, 0.05) is 25.1 Å². The van der Waals surface area contributed by atoms with E-state index in [0.717, 1.165) is 12.8 Å². The number of nitrogens with zero attached hydrogens (tertiary/aromatic N) is 2. The minimum absolute atomic E-state index is 0.0210. The average molecular weight is 377 g/mol. The summed E-state index contributed by atoms with van der Waals surface area (Å²) in [5, 5.41) is 13.5. The van der Waals surface area contributed by atoms with Gasteiger partial charge in [-0.05, 0) is 32.3 Å². The van der Waals surface area contributed by atoms with Crippen molar-refractivity contribution < 1.29 is 23.7 Å². The van der Waals surface area contributed by atoms with Crippen LogP contribution in [0.25, 0.3) is 11.1 Å². The first kappa shape index (κ1) is 18.6. The molecule has 0 unspecified atom stereocenters. The van der Waals surface area contributed by atoms with Crippen LogP contribution in [0.15, 0.2) is 27.4 Å². The lowest BCUT2D eigenvalue weighted by atomic mass is 10.2. The Morgan fingerprint density at radius 2 is 2.19 bits per heavy atom.